The number of nitrogens with zero attached hydrogens (tertiary/aromatic N) is 2. The molecule has 0 aliphatic carbocycles. The Morgan fingerprint density at radius 2 is 2.12 bits per heavy atom. The van der Waals surface area contributed by atoms with Crippen molar-refractivity contribution < 1.29 is 19.6 Å². The summed E-state index contributed by atoms with van der Waals surface area (Å²) in [7, 11) is 1.54. The van der Waals surface area contributed by atoms with Gasteiger partial charge in [-0.1, -0.05) is 18.2 Å². The van der Waals surface area contributed by atoms with Crippen LogP contribution in [0.25, 0.3) is 11.1 Å². The van der Waals surface area contributed by atoms with E-state index in [0.29, 0.717) is 24.4 Å². The van der Waals surface area contributed by atoms with Crippen molar-refractivity contribution in [2.75, 3.05) is 13.7 Å². The third kappa shape index (κ3) is 3.61. The molecule has 0 spiro atoms. The first-order valence-electron chi connectivity index (χ1n) is 7.85. The number of hydrogen-bond donors (Lipinski definition) is 1. The van der Waals surface area contributed by atoms with Gasteiger partial charge in [0.05, 0.1) is 24.6 Å². The lowest BCUT2D eigenvalue weighted by Gasteiger charge is -2.17. The van der Waals surface area contributed by atoms with Crippen LogP contribution in [-0.2, 0) is 11.3 Å². The number of nitro benzene ring substituents is 1. The number of nitro groups is 1. The van der Waals surface area contributed by atoms with Gasteiger partial charge in [0.15, 0.2) is 0 Å². The molecule has 1 heterocycles. The summed E-state index contributed by atoms with van der Waals surface area (Å²) in [5, 5.41) is 20.6. The molecule has 2 aromatic carbocycles. The number of rotatable bonds is 5. The number of hydrogen-bond acceptors (Lipinski definition) is 5. The molecule has 1 amide bonds. The van der Waals surface area contributed by atoms with Gasteiger partial charge in [-0.15, -0.1) is 0 Å². The number of non-ortho nitro benzene ring substituents is 1. The number of aliphatic hydroxyl groups is 1. The van der Waals surface area contributed by atoms with Crippen molar-refractivity contribution in [3.8, 4) is 16.9 Å². The van der Waals surface area contributed by atoms with E-state index in [4.69, 9.17) is 4.74 Å². The van der Waals surface area contributed by atoms with E-state index in [1.165, 1.54) is 19.2 Å². The van der Waals surface area contributed by atoms with Gasteiger partial charge in [0.25, 0.3) is 5.69 Å². The lowest BCUT2D eigenvalue weighted by atomic mass is 10.0. The second-order valence-electron chi connectivity index (χ2n) is 5.97. The third-order valence-electron chi connectivity index (χ3n) is 4.20. The summed E-state index contributed by atoms with van der Waals surface area (Å²) in [5.41, 5.74) is 2.25. The summed E-state index contributed by atoms with van der Waals surface area (Å²) in [4.78, 5) is 24.0. The smallest absolute Gasteiger partial charge is 0.270 e. The zero-order valence-corrected chi connectivity index (χ0v) is 13.7. The van der Waals surface area contributed by atoms with Crippen LogP contribution < -0.4 is 4.74 Å². The van der Waals surface area contributed by atoms with Gasteiger partial charge in [-0.05, 0) is 23.3 Å². The van der Waals surface area contributed by atoms with Crippen LogP contribution in [-0.4, -0.2) is 40.6 Å². The van der Waals surface area contributed by atoms with Crippen LogP contribution in [0, 0.1) is 10.1 Å². The summed E-state index contributed by atoms with van der Waals surface area (Å²) in [6, 6.07) is 11.8. The van der Waals surface area contributed by atoms with Crippen LogP contribution in [0.15, 0.2) is 42.5 Å². The molecule has 25 heavy (non-hydrogen) atoms. The van der Waals surface area contributed by atoms with Gasteiger partial charge >= 0.3 is 0 Å². The largest absolute Gasteiger partial charge is 0.496 e. The number of likely N-dealkylation sites (tertiary alicyclic amines) is 1. The number of benzene rings is 2. The number of ether oxygens (including phenoxy) is 1. The van der Waals surface area contributed by atoms with E-state index in [1.54, 1.807) is 23.1 Å². The highest BCUT2D eigenvalue weighted by atomic mass is 16.6. The van der Waals surface area contributed by atoms with Crippen molar-refractivity contribution in [1.29, 1.82) is 0 Å². The lowest BCUT2D eigenvalue weighted by molar-refractivity contribution is -0.384. The highest BCUT2D eigenvalue weighted by molar-refractivity contribution is 5.79. The third-order valence-corrected chi connectivity index (χ3v) is 4.20. The van der Waals surface area contributed by atoms with Gasteiger partial charge in [-0.25, -0.2) is 0 Å². The van der Waals surface area contributed by atoms with Crippen molar-refractivity contribution in [2.24, 2.45) is 0 Å². The molecule has 1 fully saturated rings. The van der Waals surface area contributed by atoms with Gasteiger partial charge in [0.2, 0.25) is 5.91 Å². The number of aliphatic hydroxyl groups excluding tert-OH is 1. The van der Waals surface area contributed by atoms with Gasteiger partial charge < -0.3 is 14.7 Å². The molecule has 7 heteroatoms. The molecule has 1 aliphatic heterocycles. The molecular formula is C18H18N2O5. The molecule has 0 bridgehead atoms. The van der Waals surface area contributed by atoms with E-state index < -0.39 is 11.0 Å². The fraction of sp³-hybridized carbons (Fsp3) is 0.278. The molecule has 0 unspecified atom stereocenters. The minimum absolute atomic E-state index is 0.00259. The summed E-state index contributed by atoms with van der Waals surface area (Å²) < 4.78 is 5.37. The van der Waals surface area contributed by atoms with Crippen molar-refractivity contribution in [1.82, 2.24) is 4.90 Å². The minimum atomic E-state index is -0.623. The molecule has 0 saturated carbocycles. The first-order chi connectivity index (χ1) is 12.0. The minimum Gasteiger partial charge on any atom is -0.496 e. The molecule has 3 rings (SSSR count). The number of methoxy groups -OCH3 is 1. The van der Waals surface area contributed by atoms with Gasteiger partial charge in [0.1, 0.15) is 5.75 Å². The SMILES string of the molecule is COc1ccc(CN2C[C@H](O)CC2=O)cc1-c1cccc([N+](=O)[O-])c1. The average molecular weight is 342 g/mol. The first kappa shape index (κ1) is 16.9. The van der Waals surface area contributed by atoms with E-state index in [1.807, 2.05) is 12.1 Å². The Labute approximate surface area is 144 Å². The quantitative estimate of drug-likeness (QED) is 0.665. The summed E-state index contributed by atoms with van der Waals surface area (Å²) in [6.45, 7) is 0.693. The van der Waals surface area contributed by atoms with Crippen LogP contribution in [0.3, 0.4) is 0 Å². The van der Waals surface area contributed by atoms with E-state index in [0.717, 1.165) is 11.1 Å². The zero-order chi connectivity index (χ0) is 18.0. The van der Waals surface area contributed by atoms with Crippen LogP contribution in [0.4, 0.5) is 5.69 Å². The molecule has 0 radical (unpaired) electrons. The summed E-state index contributed by atoms with van der Waals surface area (Å²) in [5.74, 6) is 0.511. The Bertz CT molecular complexity index is 821. The first-order valence-corrected chi connectivity index (χ1v) is 7.85. The molecular weight excluding hydrogens is 324 g/mol. The predicted molar refractivity (Wildman–Crippen MR) is 91.1 cm³/mol. The molecule has 1 saturated heterocycles. The Balaban J connectivity index is 1.94. The zero-order valence-electron chi connectivity index (χ0n) is 13.7. The van der Waals surface area contributed by atoms with E-state index in [2.05, 4.69) is 0 Å². The van der Waals surface area contributed by atoms with E-state index in [-0.39, 0.29) is 18.0 Å². The highest BCUT2D eigenvalue weighted by Gasteiger charge is 2.27. The molecule has 2 aromatic rings. The highest BCUT2D eigenvalue weighted by Crippen LogP contribution is 2.33. The summed E-state index contributed by atoms with van der Waals surface area (Å²) in [6.07, 6.45) is -0.476. The second kappa shape index (κ2) is 6.90. The Morgan fingerprint density at radius 1 is 1.32 bits per heavy atom. The predicted octanol–water partition coefficient (Wildman–Crippen LogP) is 2.36. The van der Waals surface area contributed by atoms with Crippen molar-refractivity contribution in [3.63, 3.8) is 0 Å². The second-order valence-corrected chi connectivity index (χ2v) is 5.97. The number of β-amino-alcohol motifs (C(OH)–C–C–N with tert-alkyl or cyclic N) is 1. The molecule has 0 aromatic heterocycles. The van der Waals surface area contributed by atoms with Crippen molar-refractivity contribution in [2.45, 2.75) is 19.1 Å². The maximum absolute atomic E-state index is 11.9. The Morgan fingerprint density at radius 3 is 2.76 bits per heavy atom. The fourth-order valence-corrected chi connectivity index (χ4v) is 2.99. The summed E-state index contributed by atoms with van der Waals surface area (Å²) >= 11 is 0. The monoisotopic (exact) mass is 342 g/mol. The number of amides is 1. The molecule has 1 N–H and O–H groups in total. The lowest BCUT2D eigenvalue weighted by Crippen LogP contribution is -2.25. The van der Waals surface area contributed by atoms with Crippen LogP contribution in [0.1, 0.15) is 12.0 Å². The van der Waals surface area contributed by atoms with Crippen LogP contribution >= 0.6 is 0 Å². The van der Waals surface area contributed by atoms with Gasteiger partial charge in [-0.3, -0.25) is 14.9 Å². The average Bonchev–Trinajstić information content (AvgIpc) is 2.92. The van der Waals surface area contributed by atoms with Crippen molar-refractivity contribution in [3.05, 3.63) is 58.1 Å². The normalized spacial score (nSPS) is 17.0. The van der Waals surface area contributed by atoms with Gasteiger partial charge in [0, 0.05) is 30.8 Å². The maximum atomic E-state index is 11.9. The standard InChI is InChI=1S/C18H18N2O5/c1-25-17-6-5-12(10-19-11-15(21)9-18(19)22)7-16(17)13-3-2-4-14(8-13)20(23)24/h2-8,15,21H,9-11H2,1H3/t15-/m1/s1. The molecule has 130 valence electrons. The van der Waals surface area contributed by atoms with Gasteiger partial charge in [-0.2, -0.15) is 0 Å². The van der Waals surface area contributed by atoms with E-state index >= 15 is 0 Å². The molecule has 7 nitrogen and oxygen atoms in total. The fourth-order valence-electron chi connectivity index (χ4n) is 2.99. The molecule has 1 atom stereocenters. The van der Waals surface area contributed by atoms with Crippen LogP contribution in [0.5, 0.6) is 5.75 Å². The number of carbonyl (C=O) groups excluding carboxylic acids is 1. The maximum Gasteiger partial charge on any atom is 0.270 e. The topological polar surface area (TPSA) is 92.9 Å². The Hall–Kier alpha value is -2.93. The number of carbonyl (C=O) groups is 1. The molecule has 1 aliphatic rings. The van der Waals surface area contributed by atoms with Crippen molar-refractivity contribution >= 4 is 11.6 Å². The van der Waals surface area contributed by atoms with E-state index in [9.17, 15) is 20.0 Å². The van der Waals surface area contributed by atoms with Crippen LogP contribution in [0.2, 0.25) is 0 Å². The Kier molecular flexibility index (Phi) is 4.67.